The van der Waals surface area contributed by atoms with Crippen molar-refractivity contribution in [2.45, 2.75) is 33.6 Å². The number of thiophene rings is 1. The molecule has 0 spiro atoms. The van der Waals surface area contributed by atoms with E-state index in [2.05, 4.69) is 53.5 Å². The molecule has 0 bridgehead atoms. The van der Waals surface area contributed by atoms with Crippen LogP contribution in [-0.2, 0) is 6.42 Å². The second-order valence-corrected chi connectivity index (χ2v) is 6.74. The Kier molecular flexibility index (Phi) is 6.62. The summed E-state index contributed by atoms with van der Waals surface area (Å²) in [5.41, 5.74) is 0. The molecule has 1 unspecified atom stereocenters. The van der Waals surface area contributed by atoms with E-state index in [9.17, 15) is 0 Å². The summed E-state index contributed by atoms with van der Waals surface area (Å²) in [6.07, 6.45) is 2.47. The zero-order valence-corrected chi connectivity index (χ0v) is 12.8. The molecule has 0 saturated heterocycles. The van der Waals surface area contributed by atoms with Crippen LogP contribution in [0, 0.1) is 11.8 Å². The molecular formula is C13H22BrNS. The van der Waals surface area contributed by atoms with Gasteiger partial charge in [0.15, 0.2) is 0 Å². The lowest BCUT2D eigenvalue weighted by molar-refractivity contribution is 0.455. The van der Waals surface area contributed by atoms with Gasteiger partial charge in [0.25, 0.3) is 0 Å². The average molecular weight is 304 g/mol. The standard InChI is InChI=1S/C13H22BrNS/c1-10(2)8-15-9-11(3)4-5-13-12(14)6-7-16-13/h6-7,10-11,15H,4-5,8-9H2,1-3H3. The van der Waals surface area contributed by atoms with Crippen LogP contribution in [0.2, 0.25) is 0 Å². The highest BCUT2D eigenvalue weighted by atomic mass is 79.9. The van der Waals surface area contributed by atoms with E-state index in [1.165, 1.54) is 22.2 Å². The van der Waals surface area contributed by atoms with Crippen molar-refractivity contribution in [1.29, 1.82) is 0 Å². The van der Waals surface area contributed by atoms with E-state index in [-0.39, 0.29) is 0 Å². The molecule has 16 heavy (non-hydrogen) atoms. The lowest BCUT2D eigenvalue weighted by Gasteiger charge is -2.13. The van der Waals surface area contributed by atoms with Crippen molar-refractivity contribution in [3.05, 3.63) is 20.8 Å². The maximum atomic E-state index is 3.58. The highest BCUT2D eigenvalue weighted by Crippen LogP contribution is 2.24. The molecule has 0 aliphatic carbocycles. The lowest BCUT2D eigenvalue weighted by atomic mass is 10.0. The molecule has 1 N–H and O–H groups in total. The molecule has 0 aliphatic heterocycles. The topological polar surface area (TPSA) is 12.0 Å². The molecule has 1 heterocycles. The molecule has 1 nitrogen and oxygen atoms in total. The summed E-state index contributed by atoms with van der Waals surface area (Å²) in [7, 11) is 0. The zero-order valence-electron chi connectivity index (χ0n) is 10.4. The predicted octanol–water partition coefficient (Wildman–Crippen LogP) is 4.32. The van der Waals surface area contributed by atoms with Crippen LogP contribution in [-0.4, -0.2) is 13.1 Å². The van der Waals surface area contributed by atoms with Crippen molar-refractivity contribution < 1.29 is 0 Å². The SMILES string of the molecule is CC(C)CNCC(C)CCc1sccc1Br. The molecule has 92 valence electrons. The quantitative estimate of drug-likeness (QED) is 0.791. The number of halogens is 1. The zero-order chi connectivity index (χ0) is 12.0. The summed E-state index contributed by atoms with van der Waals surface area (Å²) in [4.78, 5) is 1.48. The molecule has 1 rings (SSSR count). The van der Waals surface area contributed by atoms with E-state index in [0.717, 1.165) is 24.9 Å². The minimum atomic E-state index is 0.749. The third kappa shape index (κ3) is 5.46. The van der Waals surface area contributed by atoms with Gasteiger partial charge in [-0.1, -0.05) is 20.8 Å². The summed E-state index contributed by atoms with van der Waals surface area (Å²) in [5.74, 6) is 1.51. The van der Waals surface area contributed by atoms with Crippen LogP contribution < -0.4 is 5.32 Å². The first-order chi connectivity index (χ1) is 7.59. The third-order valence-corrected chi connectivity index (χ3v) is 4.59. The van der Waals surface area contributed by atoms with Crippen LogP contribution in [0.1, 0.15) is 32.1 Å². The summed E-state index contributed by atoms with van der Waals surface area (Å²) in [6.45, 7) is 9.10. The smallest absolute Gasteiger partial charge is 0.0314 e. The maximum Gasteiger partial charge on any atom is 0.0314 e. The third-order valence-electron chi connectivity index (χ3n) is 2.60. The largest absolute Gasteiger partial charge is 0.316 e. The predicted molar refractivity (Wildman–Crippen MR) is 77.2 cm³/mol. The van der Waals surface area contributed by atoms with Crippen LogP contribution in [0.15, 0.2) is 15.9 Å². The number of hydrogen-bond acceptors (Lipinski definition) is 2. The Hall–Kier alpha value is 0.140. The van der Waals surface area contributed by atoms with Crippen LogP contribution in [0.5, 0.6) is 0 Å². The molecule has 1 aromatic rings. The van der Waals surface area contributed by atoms with Gasteiger partial charge in [-0.3, -0.25) is 0 Å². The molecule has 1 atom stereocenters. The maximum absolute atomic E-state index is 3.58. The van der Waals surface area contributed by atoms with Crippen molar-refractivity contribution in [3.63, 3.8) is 0 Å². The molecule has 0 amide bonds. The lowest BCUT2D eigenvalue weighted by Crippen LogP contribution is -2.25. The van der Waals surface area contributed by atoms with Crippen molar-refractivity contribution in [3.8, 4) is 0 Å². The van der Waals surface area contributed by atoms with Crippen molar-refractivity contribution in [2.75, 3.05) is 13.1 Å². The fourth-order valence-corrected chi connectivity index (χ4v) is 3.17. The molecule has 1 aromatic heterocycles. The monoisotopic (exact) mass is 303 g/mol. The Morgan fingerprint density at radius 3 is 2.62 bits per heavy atom. The molecule has 0 aromatic carbocycles. The first kappa shape index (κ1) is 14.2. The minimum Gasteiger partial charge on any atom is -0.316 e. The second kappa shape index (κ2) is 7.46. The second-order valence-electron chi connectivity index (χ2n) is 4.89. The van der Waals surface area contributed by atoms with Gasteiger partial charge in [0.1, 0.15) is 0 Å². The summed E-state index contributed by atoms with van der Waals surface area (Å²) < 4.78 is 1.28. The van der Waals surface area contributed by atoms with Crippen molar-refractivity contribution in [1.82, 2.24) is 5.32 Å². The highest BCUT2D eigenvalue weighted by molar-refractivity contribution is 9.10. The summed E-state index contributed by atoms with van der Waals surface area (Å²) in [5, 5.41) is 5.67. The summed E-state index contributed by atoms with van der Waals surface area (Å²) in [6, 6.07) is 2.14. The van der Waals surface area contributed by atoms with Crippen LogP contribution in [0.25, 0.3) is 0 Å². The van der Waals surface area contributed by atoms with Gasteiger partial charge in [0.05, 0.1) is 0 Å². The van der Waals surface area contributed by atoms with Gasteiger partial charge < -0.3 is 5.32 Å². The van der Waals surface area contributed by atoms with Crippen molar-refractivity contribution >= 4 is 27.3 Å². The first-order valence-electron chi connectivity index (χ1n) is 6.02. The number of aryl methyl sites for hydroxylation is 1. The van der Waals surface area contributed by atoms with Crippen molar-refractivity contribution in [2.24, 2.45) is 11.8 Å². The molecule has 3 heteroatoms. The Morgan fingerprint density at radius 2 is 2.06 bits per heavy atom. The Labute approximate surface area is 112 Å². The van der Waals surface area contributed by atoms with Crippen LogP contribution in [0.3, 0.4) is 0 Å². The van der Waals surface area contributed by atoms with E-state index in [4.69, 9.17) is 0 Å². The van der Waals surface area contributed by atoms with E-state index in [0.29, 0.717) is 0 Å². The number of nitrogens with one attached hydrogen (secondary N) is 1. The van der Waals surface area contributed by atoms with Crippen LogP contribution >= 0.6 is 27.3 Å². The molecule has 0 saturated carbocycles. The molecular weight excluding hydrogens is 282 g/mol. The van der Waals surface area contributed by atoms with Gasteiger partial charge in [-0.2, -0.15) is 0 Å². The van der Waals surface area contributed by atoms with E-state index in [1.807, 2.05) is 11.3 Å². The minimum absolute atomic E-state index is 0.749. The average Bonchev–Trinajstić information content (AvgIpc) is 2.60. The molecule has 0 fully saturated rings. The highest BCUT2D eigenvalue weighted by Gasteiger charge is 2.06. The fourth-order valence-electron chi connectivity index (χ4n) is 1.60. The Balaban J connectivity index is 2.15. The van der Waals surface area contributed by atoms with E-state index < -0.39 is 0 Å². The van der Waals surface area contributed by atoms with Gasteiger partial charge in [-0.25, -0.2) is 0 Å². The summed E-state index contributed by atoms with van der Waals surface area (Å²) >= 11 is 5.44. The van der Waals surface area contributed by atoms with E-state index >= 15 is 0 Å². The van der Waals surface area contributed by atoms with Gasteiger partial charge in [0.2, 0.25) is 0 Å². The van der Waals surface area contributed by atoms with E-state index in [1.54, 1.807) is 0 Å². The van der Waals surface area contributed by atoms with Gasteiger partial charge >= 0.3 is 0 Å². The molecule has 0 aliphatic rings. The normalized spacial score (nSPS) is 13.3. The Morgan fingerprint density at radius 1 is 1.31 bits per heavy atom. The van der Waals surface area contributed by atoms with Gasteiger partial charge in [-0.15, -0.1) is 11.3 Å². The number of rotatable bonds is 7. The fraction of sp³-hybridized carbons (Fsp3) is 0.692. The number of hydrogen-bond donors (Lipinski definition) is 1. The Bertz CT molecular complexity index is 296. The van der Waals surface area contributed by atoms with Crippen LogP contribution in [0.4, 0.5) is 0 Å². The van der Waals surface area contributed by atoms with Gasteiger partial charge in [-0.05, 0) is 65.1 Å². The van der Waals surface area contributed by atoms with Gasteiger partial charge in [0, 0.05) is 9.35 Å². The molecule has 0 radical (unpaired) electrons. The first-order valence-corrected chi connectivity index (χ1v) is 7.69.